The van der Waals surface area contributed by atoms with Crippen LogP contribution < -0.4 is 5.32 Å². The fraction of sp³-hybridized carbons (Fsp3) is 0.412. The molecule has 2 atom stereocenters. The summed E-state index contributed by atoms with van der Waals surface area (Å²) in [4.78, 5) is 14.3. The third-order valence-electron chi connectivity index (χ3n) is 4.01. The van der Waals surface area contributed by atoms with Crippen LogP contribution in [0.3, 0.4) is 0 Å². The van der Waals surface area contributed by atoms with E-state index in [1.165, 1.54) is 12.1 Å². The van der Waals surface area contributed by atoms with Crippen LogP contribution in [-0.2, 0) is 11.3 Å². The topological polar surface area (TPSA) is 50.2 Å². The monoisotopic (exact) mass is 318 g/mol. The van der Waals surface area contributed by atoms with Gasteiger partial charge in [-0.1, -0.05) is 12.1 Å². The number of halogens is 1. The van der Waals surface area contributed by atoms with Gasteiger partial charge in [-0.15, -0.1) is 0 Å². The van der Waals surface area contributed by atoms with E-state index >= 15 is 0 Å². The number of rotatable bonds is 7. The number of nitrogens with zero attached hydrogens (tertiary/aromatic N) is 3. The molecule has 1 heterocycles. The lowest BCUT2D eigenvalue weighted by atomic mass is 10.1. The predicted octanol–water partition coefficient (Wildman–Crippen LogP) is 2.22. The maximum absolute atomic E-state index is 12.9. The highest BCUT2D eigenvalue weighted by Gasteiger charge is 2.20. The van der Waals surface area contributed by atoms with Crippen LogP contribution in [0.4, 0.5) is 4.39 Å². The lowest BCUT2D eigenvalue weighted by molar-refractivity contribution is -0.126. The summed E-state index contributed by atoms with van der Waals surface area (Å²) in [7, 11) is 1.91. The average molecular weight is 318 g/mol. The summed E-state index contributed by atoms with van der Waals surface area (Å²) in [6, 6.07) is 7.63. The molecule has 0 aliphatic heterocycles. The average Bonchev–Trinajstić information content (AvgIpc) is 3.05. The summed E-state index contributed by atoms with van der Waals surface area (Å²) < 4.78 is 14.8. The highest BCUT2D eigenvalue weighted by Crippen LogP contribution is 2.13. The lowest BCUT2D eigenvalue weighted by Gasteiger charge is -2.25. The van der Waals surface area contributed by atoms with E-state index in [1.807, 2.05) is 42.7 Å². The number of likely N-dealkylation sites (N-methyl/N-ethyl adjacent to an activating group) is 1. The molecule has 1 aromatic heterocycles. The summed E-state index contributed by atoms with van der Waals surface area (Å²) in [5.41, 5.74) is 0.881. The van der Waals surface area contributed by atoms with Crippen molar-refractivity contribution in [3.05, 3.63) is 54.1 Å². The number of carbonyl (C=O) groups is 1. The maximum atomic E-state index is 12.9. The normalized spacial score (nSPS) is 13.8. The Bertz CT molecular complexity index is 612. The Kier molecular flexibility index (Phi) is 5.87. The van der Waals surface area contributed by atoms with E-state index in [1.54, 1.807) is 18.3 Å². The molecule has 5 nitrogen and oxygen atoms in total. The van der Waals surface area contributed by atoms with Crippen molar-refractivity contribution in [2.75, 3.05) is 13.6 Å². The standard InChI is InChI=1S/C17H23FN4O/c1-13(15-5-7-16(18)8-6-15)20-17(23)14(2)21(3)11-12-22-10-4-9-19-22/h4-10,13-14H,11-12H2,1-3H3,(H,20,23). The first kappa shape index (κ1) is 17.1. The highest BCUT2D eigenvalue weighted by molar-refractivity contribution is 5.81. The number of aromatic nitrogens is 2. The molecule has 1 amide bonds. The predicted molar refractivity (Wildman–Crippen MR) is 87.3 cm³/mol. The first-order valence-corrected chi connectivity index (χ1v) is 7.71. The Balaban J connectivity index is 1.84. The highest BCUT2D eigenvalue weighted by atomic mass is 19.1. The molecule has 0 saturated carbocycles. The van der Waals surface area contributed by atoms with Gasteiger partial charge in [0.15, 0.2) is 0 Å². The van der Waals surface area contributed by atoms with Gasteiger partial charge in [-0.2, -0.15) is 5.10 Å². The molecular formula is C17H23FN4O. The summed E-state index contributed by atoms with van der Waals surface area (Å²) in [5.74, 6) is -0.330. The van der Waals surface area contributed by atoms with Crippen LogP contribution in [0.15, 0.2) is 42.7 Å². The van der Waals surface area contributed by atoms with Crippen molar-refractivity contribution in [1.82, 2.24) is 20.0 Å². The molecule has 0 saturated heterocycles. The van der Waals surface area contributed by atoms with Gasteiger partial charge in [0.25, 0.3) is 0 Å². The first-order chi connectivity index (χ1) is 11.0. The van der Waals surface area contributed by atoms with Gasteiger partial charge >= 0.3 is 0 Å². The Morgan fingerprint density at radius 3 is 2.65 bits per heavy atom. The van der Waals surface area contributed by atoms with Crippen molar-refractivity contribution < 1.29 is 9.18 Å². The van der Waals surface area contributed by atoms with Crippen molar-refractivity contribution >= 4 is 5.91 Å². The van der Waals surface area contributed by atoms with Gasteiger partial charge in [-0.3, -0.25) is 14.4 Å². The Morgan fingerprint density at radius 2 is 2.04 bits per heavy atom. The van der Waals surface area contributed by atoms with Crippen LogP contribution in [0.5, 0.6) is 0 Å². The molecule has 0 spiro atoms. The number of carbonyl (C=O) groups excluding carboxylic acids is 1. The zero-order chi connectivity index (χ0) is 16.8. The quantitative estimate of drug-likeness (QED) is 0.851. The van der Waals surface area contributed by atoms with E-state index in [4.69, 9.17) is 0 Å². The van der Waals surface area contributed by atoms with Gasteiger partial charge in [-0.05, 0) is 44.7 Å². The van der Waals surface area contributed by atoms with Crippen LogP contribution in [0.25, 0.3) is 0 Å². The first-order valence-electron chi connectivity index (χ1n) is 7.71. The van der Waals surface area contributed by atoms with E-state index in [2.05, 4.69) is 10.4 Å². The van der Waals surface area contributed by atoms with Gasteiger partial charge in [0.05, 0.1) is 18.6 Å². The van der Waals surface area contributed by atoms with Crippen molar-refractivity contribution in [3.63, 3.8) is 0 Å². The van der Waals surface area contributed by atoms with E-state index in [0.717, 1.165) is 18.7 Å². The number of hydrogen-bond donors (Lipinski definition) is 1. The third kappa shape index (κ3) is 4.89. The summed E-state index contributed by atoms with van der Waals surface area (Å²) in [6.45, 7) is 5.22. The van der Waals surface area contributed by atoms with Crippen LogP contribution in [0.2, 0.25) is 0 Å². The number of nitrogens with one attached hydrogen (secondary N) is 1. The van der Waals surface area contributed by atoms with Crippen molar-refractivity contribution in [2.24, 2.45) is 0 Å². The summed E-state index contributed by atoms with van der Waals surface area (Å²) >= 11 is 0. The number of benzene rings is 1. The van der Waals surface area contributed by atoms with Crippen LogP contribution in [0.1, 0.15) is 25.5 Å². The minimum absolute atomic E-state index is 0.0511. The van der Waals surface area contributed by atoms with Gasteiger partial charge in [0.1, 0.15) is 5.82 Å². The summed E-state index contributed by atoms with van der Waals surface area (Å²) in [6.07, 6.45) is 3.63. The smallest absolute Gasteiger partial charge is 0.237 e. The van der Waals surface area contributed by atoms with Crippen molar-refractivity contribution in [3.8, 4) is 0 Å². The maximum Gasteiger partial charge on any atom is 0.237 e. The molecular weight excluding hydrogens is 295 g/mol. The SMILES string of the molecule is CC(NC(=O)C(C)N(C)CCn1cccn1)c1ccc(F)cc1. The molecule has 2 aromatic rings. The Morgan fingerprint density at radius 1 is 1.35 bits per heavy atom. The second-order valence-electron chi connectivity index (χ2n) is 5.71. The Labute approximate surface area is 136 Å². The minimum atomic E-state index is -0.279. The molecule has 1 aromatic carbocycles. The van der Waals surface area contributed by atoms with E-state index < -0.39 is 0 Å². The molecule has 0 radical (unpaired) electrons. The molecule has 6 heteroatoms. The molecule has 0 aliphatic carbocycles. The molecule has 23 heavy (non-hydrogen) atoms. The third-order valence-corrected chi connectivity index (χ3v) is 4.01. The van der Waals surface area contributed by atoms with Crippen molar-refractivity contribution in [2.45, 2.75) is 32.5 Å². The molecule has 0 fully saturated rings. The van der Waals surface area contributed by atoms with Crippen LogP contribution in [-0.4, -0.2) is 40.2 Å². The number of amides is 1. The van der Waals surface area contributed by atoms with E-state index in [-0.39, 0.29) is 23.8 Å². The van der Waals surface area contributed by atoms with E-state index in [0.29, 0.717) is 0 Å². The summed E-state index contributed by atoms with van der Waals surface area (Å²) in [5, 5.41) is 7.11. The second kappa shape index (κ2) is 7.87. The largest absolute Gasteiger partial charge is 0.348 e. The Hall–Kier alpha value is -2.21. The second-order valence-corrected chi connectivity index (χ2v) is 5.71. The lowest BCUT2D eigenvalue weighted by Crippen LogP contribution is -2.45. The van der Waals surface area contributed by atoms with Gasteiger partial charge in [-0.25, -0.2) is 4.39 Å². The fourth-order valence-corrected chi connectivity index (χ4v) is 2.26. The van der Waals surface area contributed by atoms with E-state index in [9.17, 15) is 9.18 Å². The zero-order valence-electron chi connectivity index (χ0n) is 13.7. The fourth-order valence-electron chi connectivity index (χ4n) is 2.26. The molecule has 1 N–H and O–H groups in total. The van der Waals surface area contributed by atoms with Crippen LogP contribution >= 0.6 is 0 Å². The van der Waals surface area contributed by atoms with Gasteiger partial charge in [0.2, 0.25) is 5.91 Å². The number of hydrogen-bond acceptors (Lipinski definition) is 3. The molecule has 2 unspecified atom stereocenters. The molecule has 0 aliphatic rings. The molecule has 0 bridgehead atoms. The zero-order valence-corrected chi connectivity index (χ0v) is 13.7. The van der Waals surface area contributed by atoms with Crippen molar-refractivity contribution in [1.29, 1.82) is 0 Å². The van der Waals surface area contributed by atoms with Crippen LogP contribution in [0, 0.1) is 5.82 Å². The van der Waals surface area contributed by atoms with Gasteiger partial charge < -0.3 is 5.32 Å². The van der Waals surface area contributed by atoms with Gasteiger partial charge in [0, 0.05) is 18.9 Å². The molecule has 2 rings (SSSR count). The molecule has 124 valence electrons. The minimum Gasteiger partial charge on any atom is -0.348 e.